The number of unbranched alkanes of at least 4 members (excludes halogenated alkanes) is 16. The molecule has 0 aromatic rings. The molecule has 1 atom stereocenters. The maximum absolute atomic E-state index is 12.8. The van der Waals surface area contributed by atoms with E-state index in [-0.39, 0.29) is 38.0 Å². The molecule has 0 saturated heterocycles. The molecule has 73 heavy (non-hydrogen) atoms. The Hall–Kier alpha value is -4.71. The third-order valence-corrected chi connectivity index (χ3v) is 11.9. The van der Waals surface area contributed by atoms with Gasteiger partial charge in [0.05, 0.1) is 0 Å². The molecule has 0 aliphatic carbocycles. The van der Waals surface area contributed by atoms with Crippen LogP contribution in [-0.4, -0.2) is 37.2 Å². The summed E-state index contributed by atoms with van der Waals surface area (Å²) in [5, 5.41) is 0. The Morgan fingerprint density at radius 2 is 0.562 bits per heavy atom. The first-order chi connectivity index (χ1) is 36.0. The van der Waals surface area contributed by atoms with Crippen molar-refractivity contribution in [3.05, 3.63) is 146 Å². The van der Waals surface area contributed by atoms with Crippen molar-refractivity contribution in [1.82, 2.24) is 0 Å². The van der Waals surface area contributed by atoms with E-state index in [1.54, 1.807) is 0 Å². The highest BCUT2D eigenvalue weighted by Crippen LogP contribution is 2.15. The lowest BCUT2D eigenvalue weighted by Gasteiger charge is -2.18. The lowest BCUT2D eigenvalue weighted by molar-refractivity contribution is -0.166. The van der Waals surface area contributed by atoms with Gasteiger partial charge in [-0.2, -0.15) is 0 Å². The van der Waals surface area contributed by atoms with E-state index in [0.29, 0.717) is 19.3 Å². The molecular weight excluding hydrogens is 901 g/mol. The smallest absolute Gasteiger partial charge is 0.306 e. The second-order valence-electron chi connectivity index (χ2n) is 18.8. The molecule has 0 aliphatic rings. The molecular formula is C67H106O6. The summed E-state index contributed by atoms with van der Waals surface area (Å²) in [6, 6.07) is 0. The Balaban J connectivity index is 4.60. The molecule has 0 bridgehead atoms. The third-order valence-electron chi connectivity index (χ3n) is 11.9. The van der Waals surface area contributed by atoms with E-state index in [1.165, 1.54) is 77.0 Å². The van der Waals surface area contributed by atoms with Gasteiger partial charge in [-0.3, -0.25) is 14.4 Å². The molecule has 0 radical (unpaired) electrons. The monoisotopic (exact) mass is 1010 g/mol. The van der Waals surface area contributed by atoms with Crippen LogP contribution >= 0.6 is 0 Å². The maximum atomic E-state index is 12.8. The molecule has 0 saturated carbocycles. The van der Waals surface area contributed by atoms with Crippen LogP contribution in [0.25, 0.3) is 0 Å². The Kier molecular flexibility index (Phi) is 56.0. The lowest BCUT2D eigenvalue weighted by atomic mass is 10.0. The fraction of sp³-hybridized carbons (Fsp3) is 0.597. The number of rotatable bonds is 51. The zero-order chi connectivity index (χ0) is 52.9. The molecule has 1 unspecified atom stereocenters. The van der Waals surface area contributed by atoms with Crippen LogP contribution in [-0.2, 0) is 28.6 Å². The van der Waals surface area contributed by atoms with Gasteiger partial charge in [-0.15, -0.1) is 0 Å². The van der Waals surface area contributed by atoms with Gasteiger partial charge in [-0.05, 0) is 109 Å². The fourth-order valence-electron chi connectivity index (χ4n) is 7.53. The van der Waals surface area contributed by atoms with Gasteiger partial charge in [-0.1, -0.05) is 256 Å². The molecule has 0 fully saturated rings. The Morgan fingerprint density at radius 3 is 0.890 bits per heavy atom. The summed E-state index contributed by atoms with van der Waals surface area (Å²) in [6.07, 6.45) is 85.6. The highest BCUT2D eigenvalue weighted by atomic mass is 16.6. The number of hydrogen-bond acceptors (Lipinski definition) is 6. The Bertz CT molecular complexity index is 1630. The van der Waals surface area contributed by atoms with Gasteiger partial charge in [0.25, 0.3) is 0 Å². The SMILES string of the molecule is CC/C=C\C/C=C\C/C=C\C/C=C\C/C=C\C/C=C\CCCCC(=O)OCC(COC(=O)CCCCCCCCCCCCCCCCC)OC(=O)CC/C=C\C/C=C\C/C=C\C/C=C\C/C=C\C/C=C\CC. The first kappa shape index (κ1) is 68.3. The van der Waals surface area contributed by atoms with Crippen molar-refractivity contribution in [1.29, 1.82) is 0 Å². The molecule has 0 aromatic carbocycles. The first-order valence-electron chi connectivity index (χ1n) is 29.3. The summed E-state index contributed by atoms with van der Waals surface area (Å²) in [4.78, 5) is 38.2. The Labute approximate surface area is 448 Å². The zero-order valence-electron chi connectivity index (χ0n) is 46.8. The number of carbonyl (C=O) groups is 3. The van der Waals surface area contributed by atoms with Gasteiger partial charge in [-0.25, -0.2) is 0 Å². The molecule has 0 rings (SSSR count). The van der Waals surface area contributed by atoms with Crippen molar-refractivity contribution in [3.8, 4) is 0 Å². The average Bonchev–Trinajstić information content (AvgIpc) is 3.39. The molecule has 0 aliphatic heterocycles. The van der Waals surface area contributed by atoms with Crippen LogP contribution in [0, 0.1) is 0 Å². The number of ether oxygens (including phenoxy) is 3. The van der Waals surface area contributed by atoms with E-state index in [9.17, 15) is 14.4 Å². The third kappa shape index (κ3) is 58.1. The van der Waals surface area contributed by atoms with Crippen molar-refractivity contribution in [2.75, 3.05) is 13.2 Å². The van der Waals surface area contributed by atoms with Crippen molar-refractivity contribution in [2.45, 2.75) is 245 Å². The summed E-state index contributed by atoms with van der Waals surface area (Å²) < 4.78 is 16.8. The molecule has 0 spiro atoms. The highest BCUT2D eigenvalue weighted by molar-refractivity contribution is 5.71. The molecule has 0 N–H and O–H groups in total. The predicted molar refractivity (Wildman–Crippen MR) is 315 cm³/mol. The molecule has 0 amide bonds. The van der Waals surface area contributed by atoms with Crippen LogP contribution < -0.4 is 0 Å². The van der Waals surface area contributed by atoms with Crippen LogP contribution in [0.3, 0.4) is 0 Å². The molecule has 0 aromatic heterocycles. The minimum atomic E-state index is -0.842. The highest BCUT2D eigenvalue weighted by Gasteiger charge is 2.19. The van der Waals surface area contributed by atoms with Crippen molar-refractivity contribution in [3.63, 3.8) is 0 Å². The van der Waals surface area contributed by atoms with Crippen molar-refractivity contribution >= 4 is 17.9 Å². The summed E-state index contributed by atoms with van der Waals surface area (Å²) >= 11 is 0. The first-order valence-corrected chi connectivity index (χ1v) is 29.3. The average molecular weight is 1010 g/mol. The second-order valence-corrected chi connectivity index (χ2v) is 18.8. The van der Waals surface area contributed by atoms with Crippen molar-refractivity contribution < 1.29 is 28.6 Å². The van der Waals surface area contributed by atoms with E-state index in [2.05, 4.69) is 154 Å². The van der Waals surface area contributed by atoms with E-state index >= 15 is 0 Å². The van der Waals surface area contributed by atoms with E-state index in [0.717, 1.165) is 109 Å². The maximum Gasteiger partial charge on any atom is 0.306 e. The normalized spacial score (nSPS) is 13.2. The molecule has 0 heterocycles. The van der Waals surface area contributed by atoms with Gasteiger partial charge >= 0.3 is 17.9 Å². The quantitative estimate of drug-likeness (QED) is 0.0261. The van der Waals surface area contributed by atoms with Gasteiger partial charge in [0.15, 0.2) is 6.10 Å². The predicted octanol–water partition coefficient (Wildman–Crippen LogP) is 20.0. The van der Waals surface area contributed by atoms with E-state index in [4.69, 9.17) is 14.2 Å². The molecule has 6 nitrogen and oxygen atoms in total. The second kappa shape index (κ2) is 59.8. The van der Waals surface area contributed by atoms with Crippen LogP contribution in [0.1, 0.15) is 239 Å². The van der Waals surface area contributed by atoms with Gasteiger partial charge < -0.3 is 14.2 Å². The van der Waals surface area contributed by atoms with E-state index < -0.39 is 12.1 Å². The van der Waals surface area contributed by atoms with Crippen molar-refractivity contribution in [2.24, 2.45) is 0 Å². The van der Waals surface area contributed by atoms with Gasteiger partial charge in [0.1, 0.15) is 13.2 Å². The largest absolute Gasteiger partial charge is 0.462 e. The minimum Gasteiger partial charge on any atom is -0.462 e. The van der Waals surface area contributed by atoms with Crippen LogP contribution in [0.15, 0.2) is 146 Å². The summed E-state index contributed by atoms with van der Waals surface area (Å²) in [6.45, 7) is 6.31. The Morgan fingerprint density at radius 1 is 0.288 bits per heavy atom. The minimum absolute atomic E-state index is 0.126. The fourth-order valence-corrected chi connectivity index (χ4v) is 7.53. The lowest BCUT2D eigenvalue weighted by Crippen LogP contribution is -2.30. The molecule has 410 valence electrons. The summed E-state index contributed by atoms with van der Waals surface area (Å²) in [5.74, 6) is -1.06. The zero-order valence-corrected chi connectivity index (χ0v) is 46.8. The number of allylic oxidation sites excluding steroid dienone is 24. The van der Waals surface area contributed by atoms with Gasteiger partial charge in [0.2, 0.25) is 0 Å². The number of esters is 3. The number of hydrogen-bond donors (Lipinski definition) is 0. The molecule has 6 heteroatoms. The van der Waals surface area contributed by atoms with Crippen LogP contribution in [0.2, 0.25) is 0 Å². The summed E-state index contributed by atoms with van der Waals surface area (Å²) in [5.41, 5.74) is 0. The van der Waals surface area contributed by atoms with Crippen LogP contribution in [0.5, 0.6) is 0 Å². The summed E-state index contributed by atoms with van der Waals surface area (Å²) in [7, 11) is 0. The number of carbonyl (C=O) groups excluding carboxylic acids is 3. The standard InChI is InChI=1S/C67H106O6/c1-4-7-10-13-16-19-22-25-28-30-32-33-35-36-39-42-45-48-51-54-57-60-66(69)72-63-64(62-71-65(68)59-56-53-50-47-44-41-38-27-24-21-18-15-12-9-6-3)73-67(70)61-58-55-52-49-46-43-40-37-34-31-29-26-23-20-17-14-11-8-5-2/h7-8,10-11,16-17,19-20,25-26,28-29,32-34,36-37,39,43,45-46,48,52,55,64H,4-6,9,12-15,18,21-24,27,30-31,35,38,40-42,44,47,49-51,53-54,56-63H2,1-3H3/b10-7-,11-8-,19-16-,20-17-,28-25-,29-26-,33-32-,37-34-,39-36-,46-43-,48-45-,55-52-. The van der Waals surface area contributed by atoms with Gasteiger partial charge in [0, 0.05) is 19.3 Å². The topological polar surface area (TPSA) is 78.9 Å². The van der Waals surface area contributed by atoms with E-state index in [1.807, 2.05) is 12.2 Å². The van der Waals surface area contributed by atoms with Crippen LogP contribution in [0.4, 0.5) is 0 Å².